The third kappa shape index (κ3) is 4.28. The number of amides is 1. The number of rotatable bonds is 4. The number of aromatic nitrogens is 1. The molecule has 1 aromatic carbocycles. The lowest BCUT2D eigenvalue weighted by atomic mass is 10.2. The number of methoxy groups -OCH3 is 1. The fraction of sp³-hybridized carbons (Fsp3) is 0.0625. The maximum absolute atomic E-state index is 11.8. The first kappa shape index (κ1) is 14.5. The molecule has 0 saturated heterocycles. The lowest BCUT2D eigenvalue weighted by Crippen LogP contribution is -2.09. The van der Waals surface area contributed by atoms with Gasteiger partial charge in [-0.2, -0.15) is 0 Å². The summed E-state index contributed by atoms with van der Waals surface area (Å²) >= 11 is 0. The zero-order valence-corrected chi connectivity index (χ0v) is 11.4. The highest BCUT2D eigenvalue weighted by molar-refractivity contribution is 6.02. The number of benzene rings is 1. The first-order chi connectivity index (χ1) is 10.2. The number of pyridine rings is 1. The zero-order chi connectivity index (χ0) is 15.1. The van der Waals surface area contributed by atoms with Gasteiger partial charge in [-0.1, -0.05) is 12.1 Å². The van der Waals surface area contributed by atoms with Gasteiger partial charge in [-0.25, -0.2) is 4.79 Å². The van der Waals surface area contributed by atoms with Crippen LogP contribution in [0.5, 0.6) is 0 Å². The van der Waals surface area contributed by atoms with Crippen LogP contribution in [0.25, 0.3) is 6.08 Å². The molecule has 0 unspecified atom stereocenters. The molecule has 0 atom stereocenters. The molecule has 2 rings (SSSR count). The molecule has 0 spiro atoms. The van der Waals surface area contributed by atoms with Gasteiger partial charge < -0.3 is 10.1 Å². The lowest BCUT2D eigenvalue weighted by Gasteiger charge is -2.04. The van der Waals surface area contributed by atoms with Crippen LogP contribution in [0.15, 0.2) is 54.7 Å². The largest absolute Gasteiger partial charge is 0.465 e. The topological polar surface area (TPSA) is 68.3 Å². The third-order valence-electron chi connectivity index (χ3n) is 2.64. The highest BCUT2D eigenvalue weighted by Crippen LogP contribution is 2.11. The summed E-state index contributed by atoms with van der Waals surface area (Å²) < 4.78 is 4.63. The van der Waals surface area contributed by atoms with Crippen LogP contribution < -0.4 is 5.32 Å². The predicted octanol–water partition coefficient (Wildman–Crippen LogP) is 2.52. The maximum Gasteiger partial charge on any atom is 0.337 e. The summed E-state index contributed by atoms with van der Waals surface area (Å²) in [5.41, 5.74) is 1.59. The van der Waals surface area contributed by atoms with E-state index in [0.717, 1.165) is 0 Å². The second-order valence-corrected chi connectivity index (χ2v) is 4.15. The molecule has 0 aliphatic rings. The summed E-state index contributed by atoms with van der Waals surface area (Å²) in [4.78, 5) is 27.3. The second kappa shape index (κ2) is 7.00. The van der Waals surface area contributed by atoms with Crippen molar-refractivity contribution >= 4 is 23.6 Å². The van der Waals surface area contributed by atoms with Gasteiger partial charge in [0.25, 0.3) is 0 Å². The first-order valence-corrected chi connectivity index (χ1v) is 6.27. The summed E-state index contributed by atoms with van der Waals surface area (Å²) in [6.07, 6.45) is 4.64. The molecule has 106 valence electrons. The van der Waals surface area contributed by atoms with Gasteiger partial charge in [0.05, 0.1) is 18.4 Å². The fourth-order valence-electron chi connectivity index (χ4n) is 1.66. The minimum atomic E-state index is -0.449. The molecule has 2 aromatic rings. The highest BCUT2D eigenvalue weighted by atomic mass is 16.5. The number of carbonyl (C=O) groups excluding carboxylic acids is 2. The normalized spacial score (nSPS) is 10.3. The van der Waals surface area contributed by atoms with Crippen LogP contribution in [0.3, 0.4) is 0 Å². The number of carbonyl (C=O) groups is 2. The van der Waals surface area contributed by atoms with E-state index in [1.54, 1.807) is 48.7 Å². The van der Waals surface area contributed by atoms with Crippen molar-refractivity contribution in [1.82, 2.24) is 4.98 Å². The molecule has 1 aromatic heterocycles. The molecule has 21 heavy (non-hydrogen) atoms. The SMILES string of the molecule is COC(=O)c1cccc(NC(=O)/C=C/c2ccccn2)c1. The molecular weight excluding hydrogens is 268 g/mol. The van der Waals surface area contributed by atoms with Crippen LogP contribution >= 0.6 is 0 Å². The van der Waals surface area contributed by atoms with Gasteiger partial charge in [0.2, 0.25) is 5.91 Å². The van der Waals surface area contributed by atoms with Crippen molar-refractivity contribution in [3.05, 3.63) is 66.0 Å². The number of hydrogen-bond acceptors (Lipinski definition) is 4. The smallest absolute Gasteiger partial charge is 0.337 e. The van der Waals surface area contributed by atoms with Crippen LogP contribution in [0, 0.1) is 0 Å². The molecule has 5 heteroatoms. The van der Waals surface area contributed by atoms with Crippen molar-refractivity contribution in [1.29, 1.82) is 0 Å². The standard InChI is InChI=1S/C16H14N2O3/c1-21-16(20)12-5-4-7-14(11-12)18-15(19)9-8-13-6-2-3-10-17-13/h2-11H,1H3,(H,18,19)/b9-8+. The summed E-state index contributed by atoms with van der Waals surface area (Å²) in [5, 5.41) is 2.67. The Kier molecular flexibility index (Phi) is 4.82. The minimum absolute atomic E-state index is 0.303. The van der Waals surface area contributed by atoms with E-state index in [4.69, 9.17) is 0 Å². The minimum Gasteiger partial charge on any atom is -0.465 e. The first-order valence-electron chi connectivity index (χ1n) is 6.27. The molecule has 1 N–H and O–H groups in total. The van der Waals surface area contributed by atoms with Crippen molar-refractivity contribution in [3.8, 4) is 0 Å². The van der Waals surface area contributed by atoms with E-state index in [9.17, 15) is 9.59 Å². The van der Waals surface area contributed by atoms with Crippen LogP contribution in [0.2, 0.25) is 0 Å². The molecular formula is C16H14N2O3. The molecule has 0 radical (unpaired) electrons. The van der Waals surface area contributed by atoms with Crippen LogP contribution in [-0.2, 0) is 9.53 Å². The molecule has 1 amide bonds. The summed E-state index contributed by atoms with van der Waals surface area (Å²) in [6.45, 7) is 0. The van der Waals surface area contributed by atoms with Crippen LogP contribution in [0.1, 0.15) is 16.1 Å². The number of nitrogens with zero attached hydrogens (tertiary/aromatic N) is 1. The number of hydrogen-bond donors (Lipinski definition) is 1. The average molecular weight is 282 g/mol. The Morgan fingerprint density at radius 3 is 2.76 bits per heavy atom. The molecule has 0 fully saturated rings. The lowest BCUT2D eigenvalue weighted by molar-refractivity contribution is -0.111. The molecule has 1 heterocycles. The quantitative estimate of drug-likeness (QED) is 0.691. The van der Waals surface area contributed by atoms with Gasteiger partial charge in [0.15, 0.2) is 0 Å². The molecule has 0 aliphatic heterocycles. The van der Waals surface area contributed by atoms with E-state index in [2.05, 4.69) is 15.0 Å². The van der Waals surface area contributed by atoms with Gasteiger partial charge in [0, 0.05) is 18.0 Å². The van der Waals surface area contributed by atoms with Crippen LogP contribution in [-0.4, -0.2) is 24.0 Å². The average Bonchev–Trinajstić information content (AvgIpc) is 2.53. The Morgan fingerprint density at radius 2 is 2.05 bits per heavy atom. The fourth-order valence-corrected chi connectivity index (χ4v) is 1.66. The Bertz CT molecular complexity index is 666. The Hall–Kier alpha value is -2.95. The van der Waals surface area contributed by atoms with Crippen molar-refractivity contribution in [2.24, 2.45) is 0 Å². The van der Waals surface area contributed by atoms with Crippen molar-refractivity contribution in [2.45, 2.75) is 0 Å². The zero-order valence-electron chi connectivity index (χ0n) is 11.4. The van der Waals surface area contributed by atoms with Gasteiger partial charge >= 0.3 is 5.97 Å². The third-order valence-corrected chi connectivity index (χ3v) is 2.64. The van der Waals surface area contributed by atoms with Crippen molar-refractivity contribution < 1.29 is 14.3 Å². The van der Waals surface area contributed by atoms with Gasteiger partial charge in [-0.05, 0) is 36.4 Å². The van der Waals surface area contributed by atoms with Crippen LogP contribution in [0.4, 0.5) is 5.69 Å². The number of esters is 1. The summed E-state index contributed by atoms with van der Waals surface area (Å²) in [5.74, 6) is -0.752. The number of ether oxygens (including phenoxy) is 1. The predicted molar refractivity (Wildman–Crippen MR) is 79.7 cm³/mol. The highest BCUT2D eigenvalue weighted by Gasteiger charge is 2.06. The van der Waals surface area contributed by atoms with E-state index < -0.39 is 5.97 Å². The Balaban J connectivity index is 2.03. The second-order valence-electron chi connectivity index (χ2n) is 4.15. The number of anilines is 1. The van der Waals surface area contributed by atoms with E-state index in [0.29, 0.717) is 16.9 Å². The summed E-state index contributed by atoms with van der Waals surface area (Å²) in [6, 6.07) is 12.0. The molecule has 0 aliphatic carbocycles. The van der Waals surface area contributed by atoms with Gasteiger partial charge in [0.1, 0.15) is 0 Å². The maximum atomic E-state index is 11.8. The van der Waals surface area contributed by atoms with E-state index >= 15 is 0 Å². The monoisotopic (exact) mass is 282 g/mol. The van der Waals surface area contributed by atoms with Gasteiger partial charge in [-0.15, -0.1) is 0 Å². The molecule has 5 nitrogen and oxygen atoms in total. The van der Waals surface area contributed by atoms with Gasteiger partial charge in [-0.3, -0.25) is 9.78 Å². The molecule has 0 bridgehead atoms. The Morgan fingerprint density at radius 1 is 1.19 bits per heavy atom. The van der Waals surface area contributed by atoms with E-state index in [1.165, 1.54) is 13.2 Å². The Labute approximate surface area is 122 Å². The van der Waals surface area contributed by atoms with Crippen molar-refractivity contribution in [2.75, 3.05) is 12.4 Å². The summed E-state index contributed by atoms with van der Waals surface area (Å²) in [7, 11) is 1.31. The number of nitrogens with one attached hydrogen (secondary N) is 1. The van der Waals surface area contributed by atoms with Crippen molar-refractivity contribution in [3.63, 3.8) is 0 Å². The van der Waals surface area contributed by atoms with E-state index in [-0.39, 0.29) is 5.91 Å². The molecule has 0 saturated carbocycles. The van der Waals surface area contributed by atoms with E-state index in [1.807, 2.05) is 6.07 Å².